The monoisotopic (exact) mass is 676 g/mol. The molecule has 13 heteroatoms. The molecule has 0 saturated carbocycles. The number of hydrogen-bond acceptors (Lipinski definition) is 8. The van der Waals surface area contributed by atoms with Crippen LogP contribution in [0, 0.1) is 6.92 Å². The van der Waals surface area contributed by atoms with Crippen molar-refractivity contribution in [2.75, 3.05) is 31.5 Å². The van der Waals surface area contributed by atoms with Crippen molar-refractivity contribution in [3.8, 4) is 0 Å². The number of H-pyrrole nitrogens is 1. The molecular formula is C36H48N6O7. The van der Waals surface area contributed by atoms with Crippen molar-refractivity contribution in [2.45, 2.75) is 91.9 Å². The first-order valence-electron chi connectivity index (χ1n) is 16.6. The molecule has 1 atom stereocenters. The molecule has 4 rings (SSSR count). The van der Waals surface area contributed by atoms with Gasteiger partial charge in [-0.15, -0.1) is 0 Å². The Morgan fingerprint density at radius 1 is 1.02 bits per heavy atom. The average Bonchev–Trinajstić information content (AvgIpc) is 3.66. The molecule has 2 aromatic carbocycles. The molecule has 0 spiro atoms. The lowest BCUT2D eigenvalue weighted by Gasteiger charge is -2.27. The van der Waals surface area contributed by atoms with Crippen molar-refractivity contribution < 1.29 is 33.4 Å². The minimum atomic E-state index is -0.698. The molecule has 264 valence electrons. The van der Waals surface area contributed by atoms with E-state index in [-0.39, 0.29) is 31.0 Å². The maximum absolute atomic E-state index is 13.2. The Hall–Kier alpha value is -4.94. The van der Waals surface area contributed by atoms with Gasteiger partial charge in [0.15, 0.2) is 5.78 Å². The van der Waals surface area contributed by atoms with Crippen LogP contribution in [-0.2, 0) is 14.3 Å². The molecule has 0 unspecified atom stereocenters. The highest BCUT2D eigenvalue weighted by Crippen LogP contribution is 2.33. The Bertz CT molecular complexity index is 1720. The van der Waals surface area contributed by atoms with E-state index in [1.807, 2.05) is 27.7 Å². The fourth-order valence-corrected chi connectivity index (χ4v) is 5.52. The molecule has 2 heterocycles. The maximum atomic E-state index is 13.2. The molecule has 0 aliphatic carbocycles. The second kappa shape index (κ2) is 15.1. The zero-order valence-electron chi connectivity index (χ0n) is 29.7. The van der Waals surface area contributed by atoms with E-state index in [0.29, 0.717) is 58.7 Å². The van der Waals surface area contributed by atoms with E-state index in [1.165, 1.54) is 4.90 Å². The van der Waals surface area contributed by atoms with Gasteiger partial charge in [0.1, 0.15) is 23.6 Å². The maximum Gasteiger partial charge on any atom is 0.410 e. The first-order valence-corrected chi connectivity index (χ1v) is 16.6. The van der Waals surface area contributed by atoms with Crippen LogP contribution in [0.1, 0.15) is 106 Å². The lowest BCUT2D eigenvalue weighted by Crippen LogP contribution is -2.41. The normalized spacial score (nSPS) is 14.8. The summed E-state index contributed by atoms with van der Waals surface area (Å²) in [6, 6.07) is 9.73. The molecule has 1 aliphatic rings. The summed E-state index contributed by atoms with van der Waals surface area (Å²) < 4.78 is 11.0. The molecule has 3 N–H and O–H groups in total. The summed E-state index contributed by atoms with van der Waals surface area (Å²) in [4.78, 5) is 75.5. The molecule has 1 aliphatic heterocycles. The molecule has 13 nitrogen and oxygen atoms in total. The molecule has 1 aromatic heterocycles. The predicted molar refractivity (Wildman–Crippen MR) is 186 cm³/mol. The molecule has 3 aromatic rings. The summed E-state index contributed by atoms with van der Waals surface area (Å²) in [5.74, 6) is -0.584. The first kappa shape index (κ1) is 36.9. The largest absolute Gasteiger partial charge is 0.444 e. The van der Waals surface area contributed by atoms with Gasteiger partial charge in [-0.2, -0.15) is 0 Å². The number of aromatic nitrogens is 2. The highest BCUT2D eigenvalue weighted by Gasteiger charge is 2.35. The van der Waals surface area contributed by atoms with Gasteiger partial charge in [0.25, 0.3) is 5.91 Å². The van der Waals surface area contributed by atoms with E-state index in [4.69, 9.17) is 9.47 Å². The van der Waals surface area contributed by atoms with Gasteiger partial charge in [0.05, 0.1) is 23.6 Å². The number of imidazole rings is 1. The number of likely N-dealkylation sites (tertiary alicyclic amines) is 1. The summed E-state index contributed by atoms with van der Waals surface area (Å²) in [6.45, 7) is 14.8. The van der Waals surface area contributed by atoms with E-state index >= 15 is 0 Å². The zero-order chi connectivity index (χ0) is 36.1. The molecule has 49 heavy (non-hydrogen) atoms. The summed E-state index contributed by atoms with van der Waals surface area (Å²) in [5.41, 5.74) is 1.60. The standard InChI is InChI=1S/C36H48N6O7/c1-9-17-41(33(46)48-35(3,4)5)21-30(44)38-25-13-10-12-24(22(25)2)32(45)37-20-29(43)23-15-16-26-27(19-23)40-31(39-26)28-14-11-18-42(28)34(47)49-36(6,7)8/h10,12-13,15-16,19,28H,9,11,14,17-18,20-21H2,1-8H3,(H,37,45)(H,38,44)(H,39,40)/t28-/m0/s1. The number of hydrogen-bond donors (Lipinski definition) is 3. The lowest BCUT2D eigenvalue weighted by molar-refractivity contribution is -0.117. The highest BCUT2D eigenvalue weighted by molar-refractivity contribution is 6.05. The van der Waals surface area contributed by atoms with Crippen LogP contribution in [0.15, 0.2) is 36.4 Å². The van der Waals surface area contributed by atoms with Crippen LogP contribution in [-0.4, -0.2) is 86.9 Å². The number of nitrogens with one attached hydrogen (secondary N) is 3. The van der Waals surface area contributed by atoms with Crippen LogP contribution in [0.25, 0.3) is 11.0 Å². The minimum absolute atomic E-state index is 0.210. The number of anilines is 1. The van der Waals surface area contributed by atoms with E-state index in [9.17, 15) is 24.0 Å². The number of carbonyl (C=O) groups is 5. The number of rotatable bonds is 10. The number of carbonyl (C=O) groups excluding carboxylic acids is 5. The number of aromatic amines is 1. The van der Waals surface area contributed by atoms with Crippen molar-refractivity contribution in [1.82, 2.24) is 25.1 Å². The quantitative estimate of drug-likeness (QED) is 0.216. The molecule has 1 saturated heterocycles. The third kappa shape index (κ3) is 9.80. The fourth-order valence-electron chi connectivity index (χ4n) is 5.52. The van der Waals surface area contributed by atoms with Crippen molar-refractivity contribution in [2.24, 2.45) is 0 Å². The summed E-state index contributed by atoms with van der Waals surface area (Å²) in [6.07, 6.45) is 1.24. The minimum Gasteiger partial charge on any atom is -0.444 e. The number of nitrogens with zero attached hydrogens (tertiary/aromatic N) is 3. The molecule has 4 amide bonds. The van der Waals surface area contributed by atoms with E-state index in [1.54, 1.807) is 69.0 Å². The number of amides is 4. The SMILES string of the molecule is CCCN(CC(=O)Nc1cccc(C(=O)NCC(=O)c2ccc3nc([C@@H]4CCCN4C(=O)OC(C)(C)C)[nH]c3c2)c1C)C(=O)OC(C)(C)C. The predicted octanol–water partition coefficient (Wildman–Crippen LogP) is 6.14. The van der Waals surface area contributed by atoms with Crippen LogP contribution in [0.2, 0.25) is 0 Å². The third-order valence-corrected chi connectivity index (χ3v) is 7.76. The molecule has 0 bridgehead atoms. The van der Waals surface area contributed by atoms with Crippen molar-refractivity contribution in [3.05, 3.63) is 58.9 Å². The zero-order valence-corrected chi connectivity index (χ0v) is 29.7. The number of Topliss-reactive ketones (excluding diaryl/α,β-unsaturated/α-hetero) is 1. The van der Waals surface area contributed by atoms with Crippen LogP contribution in [0.5, 0.6) is 0 Å². The second-order valence-corrected chi connectivity index (χ2v) is 14.2. The van der Waals surface area contributed by atoms with Gasteiger partial charge in [-0.05, 0) is 104 Å². The summed E-state index contributed by atoms with van der Waals surface area (Å²) >= 11 is 0. The Labute approximate surface area is 287 Å². The lowest BCUT2D eigenvalue weighted by atomic mass is 10.1. The van der Waals surface area contributed by atoms with Gasteiger partial charge in [-0.1, -0.05) is 13.0 Å². The van der Waals surface area contributed by atoms with Crippen LogP contribution in [0.3, 0.4) is 0 Å². The number of ketones is 1. The Morgan fingerprint density at radius 2 is 1.73 bits per heavy atom. The Kier molecular flexibility index (Phi) is 11.4. The fraction of sp³-hybridized carbons (Fsp3) is 0.500. The van der Waals surface area contributed by atoms with Gasteiger partial charge in [0, 0.05) is 29.9 Å². The van der Waals surface area contributed by atoms with Crippen molar-refractivity contribution in [3.63, 3.8) is 0 Å². The Morgan fingerprint density at radius 3 is 2.41 bits per heavy atom. The second-order valence-electron chi connectivity index (χ2n) is 14.2. The smallest absolute Gasteiger partial charge is 0.410 e. The van der Waals surface area contributed by atoms with Crippen LogP contribution in [0.4, 0.5) is 15.3 Å². The summed E-state index contributed by atoms with van der Waals surface area (Å²) in [5, 5.41) is 5.47. The Balaban J connectivity index is 1.38. The van der Waals surface area contributed by atoms with Gasteiger partial charge in [-0.25, -0.2) is 14.6 Å². The third-order valence-electron chi connectivity index (χ3n) is 7.76. The average molecular weight is 677 g/mol. The van der Waals surface area contributed by atoms with E-state index in [2.05, 4.69) is 20.6 Å². The van der Waals surface area contributed by atoms with Crippen molar-refractivity contribution >= 4 is 46.5 Å². The van der Waals surface area contributed by atoms with Gasteiger partial charge in [-0.3, -0.25) is 24.2 Å². The summed E-state index contributed by atoms with van der Waals surface area (Å²) in [7, 11) is 0. The van der Waals surface area contributed by atoms with Gasteiger partial charge in [0.2, 0.25) is 5.91 Å². The topological polar surface area (TPSA) is 163 Å². The molecular weight excluding hydrogens is 628 g/mol. The van der Waals surface area contributed by atoms with Gasteiger partial charge < -0.3 is 25.1 Å². The van der Waals surface area contributed by atoms with Crippen LogP contribution >= 0.6 is 0 Å². The number of benzene rings is 2. The van der Waals surface area contributed by atoms with Crippen LogP contribution < -0.4 is 10.6 Å². The van der Waals surface area contributed by atoms with Crippen molar-refractivity contribution in [1.29, 1.82) is 0 Å². The number of ether oxygens (including phenoxy) is 2. The number of fused-ring (bicyclic) bond motifs is 1. The van der Waals surface area contributed by atoms with E-state index < -0.39 is 29.1 Å². The van der Waals surface area contributed by atoms with Gasteiger partial charge >= 0.3 is 12.2 Å². The molecule has 0 radical (unpaired) electrons. The highest BCUT2D eigenvalue weighted by atomic mass is 16.6. The first-order chi connectivity index (χ1) is 23.0. The molecule has 1 fully saturated rings. The van der Waals surface area contributed by atoms with E-state index in [0.717, 1.165) is 12.8 Å².